The maximum atomic E-state index is 12.4. The van der Waals surface area contributed by atoms with Crippen LogP contribution in [0, 0.1) is 0 Å². The first kappa shape index (κ1) is 20.7. The van der Waals surface area contributed by atoms with E-state index in [0.717, 1.165) is 19.5 Å². The number of fused-ring (bicyclic) bond motifs is 1. The first-order valence-electron chi connectivity index (χ1n) is 9.90. The third-order valence-corrected chi connectivity index (χ3v) is 4.92. The van der Waals surface area contributed by atoms with Crippen LogP contribution in [0.2, 0.25) is 0 Å². The van der Waals surface area contributed by atoms with Gasteiger partial charge in [0.15, 0.2) is 0 Å². The topological polar surface area (TPSA) is 64.5 Å². The van der Waals surface area contributed by atoms with Crippen molar-refractivity contribution in [3.05, 3.63) is 54.7 Å². The van der Waals surface area contributed by atoms with Gasteiger partial charge < -0.3 is 24.7 Å². The average Bonchev–Trinajstić information content (AvgIpc) is 3.14. The lowest BCUT2D eigenvalue weighted by molar-refractivity contribution is -0.116. The molecule has 154 valence electrons. The van der Waals surface area contributed by atoms with Crippen molar-refractivity contribution in [1.29, 1.82) is 0 Å². The van der Waals surface area contributed by atoms with Crippen LogP contribution in [0.1, 0.15) is 19.8 Å². The summed E-state index contributed by atoms with van der Waals surface area (Å²) in [7, 11) is 3.17. The van der Waals surface area contributed by atoms with Crippen LogP contribution in [-0.2, 0) is 11.3 Å². The van der Waals surface area contributed by atoms with Gasteiger partial charge in [-0.2, -0.15) is 0 Å². The highest BCUT2D eigenvalue weighted by atomic mass is 16.5. The van der Waals surface area contributed by atoms with Crippen LogP contribution >= 0.6 is 0 Å². The number of anilines is 1. The van der Waals surface area contributed by atoms with Gasteiger partial charge in [-0.05, 0) is 49.5 Å². The number of benzene rings is 2. The van der Waals surface area contributed by atoms with Crippen LogP contribution in [0.5, 0.6) is 11.5 Å². The molecule has 6 heteroatoms. The summed E-state index contributed by atoms with van der Waals surface area (Å²) in [6.45, 7) is 3.82. The molecule has 0 bridgehead atoms. The molecule has 2 aromatic carbocycles. The lowest BCUT2D eigenvalue weighted by Crippen LogP contribution is -2.31. The van der Waals surface area contributed by atoms with Gasteiger partial charge in [0, 0.05) is 36.8 Å². The number of nitrogens with zero attached hydrogens (tertiary/aromatic N) is 1. The van der Waals surface area contributed by atoms with E-state index in [9.17, 15) is 4.79 Å². The molecule has 1 amide bonds. The number of nitrogens with one attached hydrogen (secondary N) is 2. The minimum Gasteiger partial charge on any atom is -0.497 e. The van der Waals surface area contributed by atoms with E-state index in [2.05, 4.69) is 51.7 Å². The Bertz CT molecular complexity index is 951. The van der Waals surface area contributed by atoms with Crippen LogP contribution in [0.15, 0.2) is 54.7 Å². The van der Waals surface area contributed by atoms with E-state index in [4.69, 9.17) is 9.47 Å². The highest BCUT2D eigenvalue weighted by Crippen LogP contribution is 2.29. The lowest BCUT2D eigenvalue weighted by atomic mass is 10.2. The third kappa shape index (κ3) is 5.51. The zero-order chi connectivity index (χ0) is 20.6. The van der Waals surface area contributed by atoms with Gasteiger partial charge in [0.1, 0.15) is 11.5 Å². The summed E-state index contributed by atoms with van der Waals surface area (Å²) in [5, 5.41) is 7.61. The number of amides is 1. The highest BCUT2D eigenvalue weighted by molar-refractivity contribution is 5.92. The molecule has 0 saturated heterocycles. The van der Waals surface area contributed by atoms with Crippen LogP contribution in [0.3, 0.4) is 0 Å². The van der Waals surface area contributed by atoms with E-state index in [0.29, 0.717) is 23.6 Å². The number of aryl methyl sites for hydroxylation is 1. The van der Waals surface area contributed by atoms with Crippen molar-refractivity contribution in [2.45, 2.75) is 32.4 Å². The maximum absolute atomic E-state index is 12.4. The summed E-state index contributed by atoms with van der Waals surface area (Å²) >= 11 is 0. The van der Waals surface area contributed by atoms with Crippen molar-refractivity contribution < 1.29 is 14.3 Å². The van der Waals surface area contributed by atoms with Crippen molar-refractivity contribution in [3.8, 4) is 11.5 Å². The van der Waals surface area contributed by atoms with Gasteiger partial charge in [-0.3, -0.25) is 4.79 Å². The normalized spacial score (nSPS) is 12.0. The molecule has 29 heavy (non-hydrogen) atoms. The lowest BCUT2D eigenvalue weighted by Gasteiger charge is -2.16. The van der Waals surface area contributed by atoms with Gasteiger partial charge in [-0.25, -0.2) is 0 Å². The Hall–Kier alpha value is -2.99. The molecule has 0 spiro atoms. The van der Waals surface area contributed by atoms with E-state index in [1.54, 1.807) is 32.4 Å². The molecule has 3 aromatic rings. The smallest absolute Gasteiger partial charge is 0.226 e. The minimum absolute atomic E-state index is 0.0621. The predicted octanol–water partition coefficient (Wildman–Crippen LogP) is 4.06. The Kier molecular flexibility index (Phi) is 7.14. The molecule has 1 aromatic heterocycles. The second kappa shape index (κ2) is 9.98. The van der Waals surface area contributed by atoms with Gasteiger partial charge >= 0.3 is 0 Å². The molecule has 0 aliphatic rings. The quantitative estimate of drug-likeness (QED) is 0.508. The maximum Gasteiger partial charge on any atom is 0.226 e. The molecule has 1 heterocycles. The van der Waals surface area contributed by atoms with E-state index in [1.807, 2.05) is 6.92 Å². The first-order valence-corrected chi connectivity index (χ1v) is 9.90. The molecule has 6 nitrogen and oxygen atoms in total. The summed E-state index contributed by atoms with van der Waals surface area (Å²) in [5.74, 6) is 1.22. The molecule has 0 aliphatic carbocycles. The molecule has 1 atom stereocenters. The third-order valence-electron chi connectivity index (χ3n) is 4.92. The van der Waals surface area contributed by atoms with Gasteiger partial charge in [0.2, 0.25) is 5.91 Å². The molecule has 0 radical (unpaired) electrons. The zero-order valence-electron chi connectivity index (χ0n) is 17.3. The van der Waals surface area contributed by atoms with Crippen LogP contribution < -0.4 is 20.1 Å². The number of aromatic nitrogens is 1. The monoisotopic (exact) mass is 395 g/mol. The van der Waals surface area contributed by atoms with E-state index in [-0.39, 0.29) is 11.9 Å². The predicted molar refractivity (Wildman–Crippen MR) is 117 cm³/mol. The van der Waals surface area contributed by atoms with Crippen molar-refractivity contribution >= 4 is 22.5 Å². The number of methoxy groups -OCH3 is 2. The van der Waals surface area contributed by atoms with Gasteiger partial charge in [-0.1, -0.05) is 18.2 Å². The molecule has 0 fully saturated rings. The Labute approximate surface area is 171 Å². The number of hydrogen-bond acceptors (Lipinski definition) is 4. The number of carbonyl (C=O) groups is 1. The SMILES string of the molecule is COc1ccc(OC)c(NC(=O)CC(C)NCCCn2ccc3ccccc32)c1. The summed E-state index contributed by atoms with van der Waals surface area (Å²) in [6, 6.07) is 15.9. The molecule has 3 rings (SSSR count). The summed E-state index contributed by atoms with van der Waals surface area (Å²) < 4.78 is 12.8. The summed E-state index contributed by atoms with van der Waals surface area (Å²) in [5.41, 5.74) is 1.87. The van der Waals surface area contributed by atoms with E-state index in [1.165, 1.54) is 10.9 Å². The molecular weight excluding hydrogens is 366 g/mol. The first-order chi connectivity index (χ1) is 14.1. The molecule has 0 saturated carbocycles. The van der Waals surface area contributed by atoms with E-state index < -0.39 is 0 Å². The number of hydrogen-bond donors (Lipinski definition) is 2. The second-order valence-electron chi connectivity index (χ2n) is 7.10. The fourth-order valence-corrected chi connectivity index (χ4v) is 3.40. The fourth-order valence-electron chi connectivity index (χ4n) is 3.40. The number of carbonyl (C=O) groups excluding carboxylic acids is 1. The van der Waals surface area contributed by atoms with E-state index >= 15 is 0 Å². The summed E-state index contributed by atoms with van der Waals surface area (Å²) in [4.78, 5) is 12.4. The van der Waals surface area contributed by atoms with Crippen molar-refractivity contribution in [1.82, 2.24) is 9.88 Å². The molecule has 0 aliphatic heterocycles. The van der Waals surface area contributed by atoms with Crippen molar-refractivity contribution in [2.75, 3.05) is 26.1 Å². The van der Waals surface area contributed by atoms with Crippen molar-refractivity contribution in [2.24, 2.45) is 0 Å². The highest BCUT2D eigenvalue weighted by Gasteiger charge is 2.12. The van der Waals surface area contributed by atoms with Crippen LogP contribution in [0.4, 0.5) is 5.69 Å². The van der Waals surface area contributed by atoms with Gasteiger partial charge in [-0.15, -0.1) is 0 Å². The zero-order valence-corrected chi connectivity index (χ0v) is 17.3. The molecule has 1 unspecified atom stereocenters. The van der Waals surface area contributed by atoms with Gasteiger partial charge in [0.05, 0.1) is 19.9 Å². The summed E-state index contributed by atoms with van der Waals surface area (Å²) in [6.07, 6.45) is 3.50. The largest absolute Gasteiger partial charge is 0.497 e. The van der Waals surface area contributed by atoms with Crippen molar-refractivity contribution in [3.63, 3.8) is 0 Å². The molecular formula is C23H29N3O3. The number of para-hydroxylation sites is 1. The van der Waals surface area contributed by atoms with Crippen LogP contribution in [-0.4, -0.2) is 37.3 Å². The second-order valence-corrected chi connectivity index (χ2v) is 7.10. The Morgan fingerprint density at radius 1 is 1.10 bits per heavy atom. The molecule has 2 N–H and O–H groups in total. The number of ether oxygens (including phenoxy) is 2. The number of rotatable bonds is 10. The van der Waals surface area contributed by atoms with Gasteiger partial charge in [0.25, 0.3) is 0 Å². The standard InChI is InChI=1S/C23H29N3O3/c1-17(15-23(27)25-20-16-19(28-2)9-10-22(20)29-3)24-12-6-13-26-14-11-18-7-4-5-8-21(18)26/h4-5,7-11,14,16-17,24H,6,12-13,15H2,1-3H3,(H,25,27). The van der Waals surface area contributed by atoms with Crippen LogP contribution in [0.25, 0.3) is 10.9 Å². The fraction of sp³-hybridized carbons (Fsp3) is 0.348. The Balaban J connectivity index is 1.43. The average molecular weight is 396 g/mol. The Morgan fingerprint density at radius 2 is 1.93 bits per heavy atom. The Morgan fingerprint density at radius 3 is 2.72 bits per heavy atom. The minimum atomic E-state index is -0.0621.